The second kappa shape index (κ2) is 8.11. The molecule has 6 heteroatoms. The summed E-state index contributed by atoms with van der Waals surface area (Å²) in [6.07, 6.45) is 7.42. The van der Waals surface area contributed by atoms with Gasteiger partial charge in [-0.1, -0.05) is 13.0 Å². The predicted molar refractivity (Wildman–Crippen MR) is 96.6 cm³/mol. The van der Waals surface area contributed by atoms with E-state index in [-0.39, 0.29) is 5.91 Å². The van der Waals surface area contributed by atoms with Gasteiger partial charge in [0.25, 0.3) is 5.91 Å². The number of esters is 1. The van der Waals surface area contributed by atoms with Crippen LogP contribution in [0.5, 0.6) is 0 Å². The molecule has 0 fully saturated rings. The average Bonchev–Trinajstić information content (AvgIpc) is 3.35. The SMILES string of the molecule is CCCOC(=O)c1cccc(C(=O)n2ccc(/C=C/c3ccco3)n2)c1. The van der Waals surface area contributed by atoms with Crippen LogP contribution in [0.3, 0.4) is 0 Å². The van der Waals surface area contributed by atoms with Crippen molar-refractivity contribution in [2.45, 2.75) is 13.3 Å². The first-order chi connectivity index (χ1) is 12.7. The Hall–Kier alpha value is -3.41. The minimum absolute atomic E-state index is 0.326. The number of furan rings is 1. The monoisotopic (exact) mass is 350 g/mol. The molecule has 6 nitrogen and oxygen atoms in total. The van der Waals surface area contributed by atoms with Crippen LogP contribution in [0.15, 0.2) is 59.3 Å². The average molecular weight is 350 g/mol. The van der Waals surface area contributed by atoms with E-state index in [0.29, 0.717) is 29.2 Å². The highest BCUT2D eigenvalue weighted by molar-refractivity contribution is 5.98. The third kappa shape index (κ3) is 4.16. The van der Waals surface area contributed by atoms with Gasteiger partial charge in [0.15, 0.2) is 0 Å². The largest absolute Gasteiger partial charge is 0.465 e. The van der Waals surface area contributed by atoms with E-state index in [1.54, 1.807) is 54.9 Å². The maximum absolute atomic E-state index is 12.6. The number of aromatic nitrogens is 2. The second-order valence-corrected chi connectivity index (χ2v) is 5.56. The number of carbonyl (C=O) groups is 2. The van der Waals surface area contributed by atoms with E-state index in [4.69, 9.17) is 9.15 Å². The van der Waals surface area contributed by atoms with E-state index in [1.807, 2.05) is 13.0 Å². The molecule has 132 valence electrons. The summed E-state index contributed by atoms with van der Waals surface area (Å²) in [5, 5.41) is 4.23. The topological polar surface area (TPSA) is 74.3 Å². The van der Waals surface area contributed by atoms with Gasteiger partial charge in [0.05, 0.1) is 24.1 Å². The molecule has 2 aromatic heterocycles. The van der Waals surface area contributed by atoms with E-state index >= 15 is 0 Å². The number of ether oxygens (including phenoxy) is 1. The molecule has 3 rings (SSSR count). The number of nitrogens with zero attached hydrogens (tertiary/aromatic N) is 2. The molecule has 2 heterocycles. The van der Waals surface area contributed by atoms with Gasteiger partial charge in [-0.3, -0.25) is 4.79 Å². The molecule has 0 aliphatic carbocycles. The summed E-state index contributed by atoms with van der Waals surface area (Å²) in [4.78, 5) is 24.5. The molecule has 3 aromatic rings. The van der Waals surface area contributed by atoms with Crippen molar-refractivity contribution >= 4 is 24.0 Å². The third-order valence-electron chi connectivity index (χ3n) is 3.56. The number of rotatable bonds is 6. The Morgan fingerprint density at radius 2 is 2.00 bits per heavy atom. The van der Waals surface area contributed by atoms with E-state index in [9.17, 15) is 9.59 Å². The van der Waals surface area contributed by atoms with Gasteiger partial charge in [0, 0.05) is 11.8 Å². The van der Waals surface area contributed by atoms with Crippen molar-refractivity contribution < 1.29 is 18.7 Å². The molecule has 0 bridgehead atoms. The second-order valence-electron chi connectivity index (χ2n) is 5.56. The normalized spacial score (nSPS) is 11.0. The van der Waals surface area contributed by atoms with Gasteiger partial charge in [-0.2, -0.15) is 5.10 Å². The zero-order chi connectivity index (χ0) is 18.4. The summed E-state index contributed by atoms with van der Waals surface area (Å²) in [5.74, 6) is -0.0685. The van der Waals surface area contributed by atoms with Gasteiger partial charge in [-0.15, -0.1) is 0 Å². The van der Waals surface area contributed by atoms with Crippen molar-refractivity contribution in [2.24, 2.45) is 0 Å². The molecule has 0 aliphatic rings. The first-order valence-electron chi connectivity index (χ1n) is 8.26. The van der Waals surface area contributed by atoms with Crippen LogP contribution < -0.4 is 0 Å². The Balaban J connectivity index is 1.74. The third-order valence-corrected chi connectivity index (χ3v) is 3.56. The summed E-state index contributed by atoms with van der Waals surface area (Å²) in [7, 11) is 0. The minimum Gasteiger partial charge on any atom is -0.465 e. The Bertz CT molecular complexity index is 923. The lowest BCUT2D eigenvalue weighted by atomic mass is 10.1. The molecular formula is C20H18N2O4. The van der Waals surface area contributed by atoms with Crippen molar-refractivity contribution in [1.29, 1.82) is 0 Å². The lowest BCUT2D eigenvalue weighted by molar-refractivity contribution is 0.0505. The summed E-state index contributed by atoms with van der Waals surface area (Å²) in [5.41, 5.74) is 1.32. The van der Waals surface area contributed by atoms with Crippen LogP contribution in [0.1, 0.15) is 45.5 Å². The fourth-order valence-corrected chi connectivity index (χ4v) is 2.28. The van der Waals surface area contributed by atoms with Gasteiger partial charge in [0.2, 0.25) is 0 Å². The van der Waals surface area contributed by atoms with Crippen LogP contribution in [-0.2, 0) is 4.74 Å². The summed E-state index contributed by atoms with van der Waals surface area (Å²) < 4.78 is 11.5. The zero-order valence-electron chi connectivity index (χ0n) is 14.3. The van der Waals surface area contributed by atoms with Crippen molar-refractivity contribution in [3.05, 3.63) is 77.5 Å². The fraction of sp³-hybridized carbons (Fsp3) is 0.150. The smallest absolute Gasteiger partial charge is 0.338 e. The molecule has 0 spiro atoms. The van der Waals surface area contributed by atoms with E-state index in [0.717, 1.165) is 6.42 Å². The molecule has 1 aromatic carbocycles. The summed E-state index contributed by atoms with van der Waals surface area (Å²) in [6.45, 7) is 2.27. The number of carbonyl (C=O) groups excluding carboxylic acids is 2. The lowest BCUT2D eigenvalue weighted by Gasteiger charge is -2.05. The van der Waals surface area contributed by atoms with E-state index in [1.165, 1.54) is 10.7 Å². The number of benzene rings is 1. The molecular weight excluding hydrogens is 332 g/mol. The Morgan fingerprint density at radius 3 is 2.77 bits per heavy atom. The predicted octanol–water partition coefficient (Wildman–Crippen LogP) is 3.90. The highest BCUT2D eigenvalue weighted by Crippen LogP contribution is 2.11. The standard InChI is InChI=1S/C20H18N2O4/c1-2-12-26-20(24)16-6-3-5-15(14-16)19(23)22-11-10-17(21-22)8-9-18-7-4-13-25-18/h3-11,13-14H,2,12H2,1H3/b9-8+. The van der Waals surface area contributed by atoms with Gasteiger partial charge >= 0.3 is 5.97 Å². The molecule has 0 aliphatic heterocycles. The maximum Gasteiger partial charge on any atom is 0.338 e. The first-order valence-corrected chi connectivity index (χ1v) is 8.26. The van der Waals surface area contributed by atoms with Crippen LogP contribution >= 0.6 is 0 Å². The fourth-order valence-electron chi connectivity index (χ4n) is 2.28. The molecule has 0 N–H and O–H groups in total. The van der Waals surface area contributed by atoms with Crippen LogP contribution in [-0.4, -0.2) is 28.3 Å². The zero-order valence-corrected chi connectivity index (χ0v) is 14.3. The Morgan fingerprint density at radius 1 is 1.15 bits per heavy atom. The molecule has 0 saturated heterocycles. The number of hydrogen-bond donors (Lipinski definition) is 0. The van der Waals surface area contributed by atoms with Gasteiger partial charge in [-0.25, -0.2) is 9.48 Å². The first kappa shape index (κ1) is 17.4. The molecule has 0 radical (unpaired) electrons. The van der Waals surface area contributed by atoms with Crippen LogP contribution in [0.4, 0.5) is 0 Å². The van der Waals surface area contributed by atoms with Crippen molar-refractivity contribution in [3.63, 3.8) is 0 Å². The van der Waals surface area contributed by atoms with Crippen LogP contribution in [0, 0.1) is 0 Å². The molecule has 0 atom stereocenters. The van der Waals surface area contributed by atoms with Crippen molar-refractivity contribution in [1.82, 2.24) is 9.78 Å². The van der Waals surface area contributed by atoms with Gasteiger partial charge in [-0.05, 0) is 55.0 Å². The van der Waals surface area contributed by atoms with Crippen molar-refractivity contribution in [3.8, 4) is 0 Å². The van der Waals surface area contributed by atoms with Crippen molar-refractivity contribution in [2.75, 3.05) is 6.61 Å². The minimum atomic E-state index is -0.441. The maximum atomic E-state index is 12.6. The quantitative estimate of drug-likeness (QED) is 0.630. The molecule has 0 amide bonds. The molecule has 26 heavy (non-hydrogen) atoms. The van der Waals surface area contributed by atoms with Gasteiger partial charge in [0.1, 0.15) is 5.76 Å². The van der Waals surface area contributed by atoms with Gasteiger partial charge < -0.3 is 9.15 Å². The highest BCUT2D eigenvalue weighted by atomic mass is 16.5. The van der Waals surface area contributed by atoms with Crippen LogP contribution in [0.2, 0.25) is 0 Å². The lowest BCUT2D eigenvalue weighted by Crippen LogP contribution is -2.14. The number of hydrogen-bond acceptors (Lipinski definition) is 5. The Labute approximate surface area is 150 Å². The summed E-state index contributed by atoms with van der Waals surface area (Å²) >= 11 is 0. The van der Waals surface area contributed by atoms with Crippen LogP contribution in [0.25, 0.3) is 12.2 Å². The Kier molecular flexibility index (Phi) is 5.43. The highest BCUT2D eigenvalue weighted by Gasteiger charge is 2.13. The van der Waals surface area contributed by atoms with E-state index in [2.05, 4.69) is 5.10 Å². The molecule has 0 unspecified atom stereocenters. The van der Waals surface area contributed by atoms with E-state index < -0.39 is 5.97 Å². The molecule has 0 saturated carbocycles. The summed E-state index contributed by atoms with van der Waals surface area (Å²) in [6, 6.07) is 11.8.